The van der Waals surface area contributed by atoms with Crippen molar-refractivity contribution in [3.8, 4) is 17.1 Å². The van der Waals surface area contributed by atoms with E-state index in [0.29, 0.717) is 22.5 Å². The second kappa shape index (κ2) is 8.54. The van der Waals surface area contributed by atoms with E-state index in [0.717, 1.165) is 16.8 Å². The molecule has 2 aromatic carbocycles. The van der Waals surface area contributed by atoms with Crippen LogP contribution in [0.2, 0.25) is 0 Å². The predicted octanol–water partition coefficient (Wildman–Crippen LogP) is 5.05. The summed E-state index contributed by atoms with van der Waals surface area (Å²) in [7, 11) is 1.31. The molecule has 2 aromatic heterocycles. The number of benzene rings is 2. The Kier molecular flexibility index (Phi) is 5.67. The number of hydrogen-bond donors (Lipinski definition) is 0. The molecule has 6 nitrogen and oxygen atoms in total. The van der Waals surface area contributed by atoms with Gasteiger partial charge in [0.15, 0.2) is 11.0 Å². The first-order valence-electron chi connectivity index (χ1n) is 9.13. The number of aryl methyl sites for hydroxylation is 1. The summed E-state index contributed by atoms with van der Waals surface area (Å²) in [6, 6.07) is 17.4. The van der Waals surface area contributed by atoms with Gasteiger partial charge < -0.3 is 9.15 Å². The summed E-state index contributed by atoms with van der Waals surface area (Å²) in [5, 5.41) is 9.32. The van der Waals surface area contributed by atoms with Crippen LogP contribution in [0.3, 0.4) is 0 Å². The number of carbonyl (C=O) groups excluding carboxylic acids is 1. The molecular formula is C22H18FN3O3S. The molecule has 0 radical (unpaired) electrons. The molecule has 2 heterocycles. The number of furan rings is 1. The molecule has 0 N–H and O–H groups in total. The molecule has 0 bridgehead atoms. The van der Waals surface area contributed by atoms with E-state index in [4.69, 9.17) is 4.42 Å². The van der Waals surface area contributed by atoms with Gasteiger partial charge >= 0.3 is 5.97 Å². The van der Waals surface area contributed by atoms with E-state index in [9.17, 15) is 9.18 Å². The third-order valence-electron chi connectivity index (χ3n) is 4.42. The Balaban J connectivity index is 1.67. The molecule has 4 rings (SSSR count). The van der Waals surface area contributed by atoms with E-state index < -0.39 is 5.97 Å². The van der Waals surface area contributed by atoms with Crippen LogP contribution in [0.15, 0.2) is 70.2 Å². The van der Waals surface area contributed by atoms with E-state index in [2.05, 4.69) is 14.9 Å². The molecular weight excluding hydrogens is 405 g/mol. The van der Waals surface area contributed by atoms with Crippen molar-refractivity contribution in [1.82, 2.24) is 14.8 Å². The van der Waals surface area contributed by atoms with Gasteiger partial charge in [-0.2, -0.15) is 0 Å². The average Bonchev–Trinajstić information content (AvgIpc) is 3.40. The van der Waals surface area contributed by atoms with Crippen molar-refractivity contribution in [2.75, 3.05) is 7.11 Å². The number of ether oxygens (including phenoxy) is 1. The maximum Gasteiger partial charge on any atom is 0.373 e. The summed E-state index contributed by atoms with van der Waals surface area (Å²) in [5.41, 5.74) is 2.78. The monoisotopic (exact) mass is 423 g/mol. The Labute approximate surface area is 176 Å². The Morgan fingerprint density at radius 1 is 1.07 bits per heavy atom. The lowest BCUT2D eigenvalue weighted by Crippen LogP contribution is -2.00. The fourth-order valence-corrected chi connectivity index (χ4v) is 3.72. The standard InChI is InChI=1S/C22H18FN3O3S/c1-14-3-9-17(10-4-14)26-20(15-5-7-16(23)8-6-15)24-25-22(26)30-13-18-11-12-19(29-18)21(27)28-2/h3-12H,13H2,1-2H3. The van der Waals surface area contributed by atoms with Crippen LogP contribution < -0.4 is 0 Å². The molecule has 0 fully saturated rings. The largest absolute Gasteiger partial charge is 0.463 e. The first-order chi connectivity index (χ1) is 14.5. The summed E-state index contributed by atoms with van der Waals surface area (Å²) < 4.78 is 25.5. The molecule has 4 aromatic rings. The number of rotatable bonds is 6. The summed E-state index contributed by atoms with van der Waals surface area (Å²) in [5.74, 6) is 0.990. The smallest absolute Gasteiger partial charge is 0.373 e. The number of nitrogens with zero attached hydrogens (tertiary/aromatic N) is 3. The summed E-state index contributed by atoms with van der Waals surface area (Å²) in [6.45, 7) is 2.02. The van der Waals surface area contributed by atoms with Gasteiger partial charge in [-0.3, -0.25) is 4.57 Å². The van der Waals surface area contributed by atoms with Crippen LogP contribution in [-0.4, -0.2) is 27.8 Å². The van der Waals surface area contributed by atoms with Crippen LogP contribution in [-0.2, 0) is 10.5 Å². The number of methoxy groups -OCH3 is 1. The zero-order valence-electron chi connectivity index (χ0n) is 16.3. The lowest BCUT2D eigenvalue weighted by Gasteiger charge is -2.10. The Hall–Kier alpha value is -3.39. The highest BCUT2D eigenvalue weighted by Gasteiger charge is 2.18. The molecule has 152 valence electrons. The maximum atomic E-state index is 13.4. The summed E-state index contributed by atoms with van der Waals surface area (Å²) >= 11 is 1.42. The minimum Gasteiger partial charge on any atom is -0.463 e. The van der Waals surface area contributed by atoms with Crippen LogP contribution in [0.4, 0.5) is 4.39 Å². The minimum absolute atomic E-state index is 0.153. The second-order valence-corrected chi connectivity index (χ2v) is 7.47. The highest BCUT2D eigenvalue weighted by molar-refractivity contribution is 7.98. The SMILES string of the molecule is COC(=O)c1ccc(CSc2nnc(-c3ccc(F)cc3)n2-c2ccc(C)cc2)o1. The van der Waals surface area contributed by atoms with Gasteiger partial charge in [0.25, 0.3) is 0 Å². The van der Waals surface area contributed by atoms with Crippen molar-refractivity contribution < 1.29 is 18.3 Å². The quantitative estimate of drug-likeness (QED) is 0.319. The van der Waals surface area contributed by atoms with Crippen LogP contribution in [0.1, 0.15) is 21.9 Å². The maximum absolute atomic E-state index is 13.4. The Morgan fingerprint density at radius 3 is 2.50 bits per heavy atom. The predicted molar refractivity (Wildman–Crippen MR) is 111 cm³/mol. The molecule has 8 heteroatoms. The number of carbonyl (C=O) groups is 1. The van der Waals surface area contributed by atoms with Crippen molar-refractivity contribution in [3.63, 3.8) is 0 Å². The van der Waals surface area contributed by atoms with Crippen LogP contribution in [0.25, 0.3) is 17.1 Å². The lowest BCUT2D eigenvalue weighted by molar-refractivity contribution is 0.0563. The minimum atomic E-state index is -0.521. The van der Waals surface area contributed by atoms with Gasteiger partial charge in [-0.1, -0.05) is 29.5 Å². The summed E-state index contributed by atoms with van der Waals surface area (Å²) in [4.78, 5) is 11.6. The first-order valence-corrected chi connectivity index (χ1v) is 10.1. The molecule has 0 aliphatic rings. The number of aromatic nitrogens is 3. The topological polar surface area (TPSA) is 70.2 Å². The molecule has 0 aliphatic carbocycles. The normalized spacial score (nSPS) is 10.9. The molecule has 0 saturated carbocycles. The van der Waals surface area contributed by atoms with E-state index in [-0.39, 0.29) is 11.6 Å². The van der Waals surface area contributed by atoms with Crippen LogP contribution in [0, 0.1) is 12.7 Å². The lowest BCUT2D eigenvalue weighted by atomic mass is 10.2. The van der Waals surface area contributed by atoms with Crippen molar-refractivity contribution in [1.29, 1.82) is 0 Å². The van der Waals surface area contributed by atoms with Gasteiger partial charge in [0.05, 0.1) is 12.9 Å². The number of halogens is 1. The number of hydrogen-bond acceptors (Lipinski definition) is 6. The van der Waals surface area contributed by atoms with Gasteiger partial charge in [0.1, 0.15) is 11.6 Å². The summed E-state index contributed by atoms with van der Waals surface area (Å²) in [6.07, 6.45) is 0. The molecule has 0 saturated heterocycles. The average molecular weight is 423 g/mol. The van der Waals surface area contributed by atoms with Crippen molar-refractivity contribution >= 4 is 17.7 Å². The Morgan fingerprint density at radius 2 is 1.80 bits per heavy atom. The fourth-order valence-electron chi connectivity index (χ4n) is 2.88. The van der Waals surface area contributed by atoms with Gasteiger partial charge in [0.2, 0.25) is 5.76 Å². The zero-order chi connectivity index (χ0) is 21.1. The zero-order valence-corrected chi connectivity index (χ0v) is 17.1. The molecule has 0 spiro atoms. The second-order valence-electron chi connectivity index (χ2n) is 6.53. The van der Waals surface area contributed by atoms with E-state index in [1.807, 2.05) is 35.8 Å². The third kappa shape index (κ3) is 4.13. The van der Waals surface area contributed by atoms with Crippen molar-refractivity contribution in [2.45, 2.75) is 17.8 Å². The molecule has 30 heavy (non-hydrogen) atoms. The van der Waals surface area contributed by atoms with Gasteiger partial charge in [0, 0.05) is 11.3 Å². The van der Waals surface area contributed by atoms with Crippen molar-refractivity contribution in [2.24, 2.45) is 0 Å². The fraction of sp³-hybridized carbons (Fsp3) is 0.136. The van der Waals surface area contributed by atoms with Crippen LogP contribution in [0.5, 0.6) is 0 Å². The van der Waals surface area contributed by atoms with Gasteiger partial charge in [-0.05, 0) is 55.5 Å². The first kappa shape index (κ1) is 19.9. The number of esters is 1. The number of thioether (sulfide) groups is 1. The highest BCUT2D eigenvalue weighted by atomic mass is 32.2. The Bertz CT molecular complexity index is 1170. The highest BCUT2D eigenvalue weighted by Crippen LogP contribution is 2.30. The molecule has 0 amide bonds. The molecule has 0 aliphatic heterocycles. The van der Waals surface area contributed by atoms with E-state index >= 15 is 0 Å². The van der Waals surface area contributed by atoms with Gasteiger partial charge in [-0.25, -0.2) is 9.18 Å². The van der Waals surface area contributed by atoms with E-state index in [1.54, 1.807) is 24.3 Å². The molecule has 0 unspecified atom stereocenters. The van der Waals surface area contributed by atoms with Crippen molar-refractivity contribution in [3.05, 3.63) is 83.6 Å². The molecule has 0 atom stereocenters. The van der Waals surface area contributed by atoms with E-state index in [1.165, 1.54) is 31.0 Å². The van der Waals surface area contributed by atoms with Crippen LogP contribution >= 0.6 is 11.8 Å². The van der Waals surface area contributed by atoms with Gasteiger partial charge in [-0.15, -0.1) is 10.2 Å². The third-order valence-corrected chi connectivity index (χ3v) is 5.37.